The van der Waals surface area contributed by atoms with Gasteiger partial charge in [-0.1, -0.05) is 12.1 Å². The molecule has 0 fully saturated rings. The average molecular weight is 322 g/mol. The molecule has 0 atom stereocenters. The van der Waals surface area contributed by atoms with Gasteiger partial charge < -0.3 is 16.0 Å². The van der Waals surface area contributed by atoms with Crippen molar-refractivity contribution in [2.24, 2.45) is 0 Å². The number of hydrogen-bond acceptors (Lipinski definition) is 5. The molecule has 1 aromatic carbocycles. The molecule has 3 N–H and O–H groups in total. The highest BCUT2D eigenvalue weighted by atomic mass is 16.1. The minimum absolute atomic E-state index is 0.0218. The van der Waals surface area contributed by atoms with Gasteiger partial charge in [-0.25, -0.2) is 4.98 Å². The Bertz CT molecular complexity index is 917. The molecule has 0 radical (unpaired) electrons. The maximum atomic E-state index is 12.2. The van der Waals surface area contributed by atoms with E-state index in [-0.39, 0.29) is 5.91 Å². The Hall–Kier alpha value is -3.09. The van der Waals surface area contributed by atoms with E-state index in [0.29, 0.717) is 23.6 Å². The molecule has 0 unspecified atom stereocenters. The fourth-order valence-corrected chi connectivity index (χ4v) is 2.91. The first-order valence-electron chi connectivity index (χ1n) is 7.95. The fraction of sp³-hybridized carbons (Fsp3) is 0.235. The molecule has 1 aliphatic heterocycles. The summed E-state index contributed by atoms with van der Waals surface area (Å²) in [6, 6.07) is 10.1. The number of benzene rings is 1. The number of nitrogens with one attached hydrogen (secondary N) is 3. The quantitative estimate of drug-likeness (QED) is 0.642. The standard InChI is InChI=1S/C17H18N6O/c1-18-15-9-14-20-12-6-2-4-11(8-12)5-3-7-16(24)21-13-10-19-23(15)17(13)22-14/h2,4,6,8-10,18H,3,5,7H2,1H3,(H,20,22)(H,21,24). The molecule has 1 aliphatic rings. The molecule has 0 saturated carbocycles. The molecule has 0 saturated heterocycles. The van der Waals surface area contributed by atoms with E-state index in [1.165, 1.54) is 5.56 Å². The second-order valence-corrected chi connectivity index (χ2v) is 5.80. The van der Waals surface area contributed by atoms with Gasteiger partial charge >= 0.3 is 0 Å². The number of nitrogens with zero attached hydrogens (tertiary/aromatic N) is 3. The lowest BCUT2D eigenvalue weighted by molar-refractivity contribution is -0.116. The van der Waals surface area contributed by atoms with E-state index < -0.39 is 0 Å². The number of fused-ring (bicyclic) bond motifs is 3. The molecular formula is C17H18N6O. The van der Waals surface area contributed by atoms with Crippen LogP contribution in [0.5, 0.6) is 0 Å². The van der Waals surface area contributed by atoms with Crippen LogP contribution in [0.3, 0.4) is 0 Å². The minimum Gasteiger partial charge on any atom is -0.373 e. The Balaban J connectivity index is 1.87. The fourth-order valence-electron chi connectivity index (χ4n) is 2.91. The van der Waals surface area contributed by atoms with Crippen LogP contribution in [0.1, 0.15) is 18.4 Å². The van der Waals surface area contributed by atoms with E-state index in [0.717, 1.165) is 24.3 Å². The summed E-state index contributed by atoms with van der Waals surface area (Å²) < 4.78 is 1.68. The summed E-state index contributed by atoms with van der Waals surface area (Å²) >= 11 is 0. The third kappa shape index (κ3) is 2.64. The van der Waals surface area contributed by atoms with Crippen LogP contribution < -0.4 is 16.0 Å². The smallest absolute Gasteiger partial charge is 0.224 e. The number of rotatable bonds is 1. The summed E-state index contributed by atoms with van der Waals surface area (Å²) in [4.78, 5) is 16.8. The van der Waals surface area contributed by atoms with E-state index in [9.17, 15) is 4.79 Å². The van der Waals surface area contributed by atoms with Crippen molar-refractivity contribution in [2.75, 3.05) is 23.0 Å². The Morgan fingerprint density at radius 3 is 3.00 bits per heavy atom. The molecular weight excluding hydrogens is 304 g/mol. The highest BCUT2D eigenvalue weighted by Gasteiger charge is 2.14. The molecule has 1 amide bonds. The number of carbonyl (C=O) groups excluding carboxylic acids is 1. The van der Waals surface area contributed by atoms with Gasteiger partial charge in [0.05, 0.1) is 6.20 Å². The lowest BCUT2D eigenvalue weighted by Gasteiger charge is -2.10. The normalized spacial score (nSPS) is 14.3. The second kappa shape index (κ2) is 5.84. The summed E-state index contributed by atoms with van der Waals surface area (Å²) in [5, 5.41) is 13.7. The van der Waals surface area contributed by atoms with Crippen molar-refractivity contribution in [3.63, 3.8) is 0 Å². The van der Waals surface area contributed by atoms with Crippen molar-refractivity contribution in [3.05, 3.63) is 42.1 Å². The molecule has 4 rings (SSSR count). The van der Waals surface area contributed by atoms with Crippen LogP contribution in [0.4, 0.5) is 23.0 Å². The van der Waals surface area contributed by atoms with Gasteiger partial charge in [0.25, 0.3) is 0 Å². The lowest BCUT2D eigenvalue weighted by atomic mass is 10.1. The van der Waals surface area contributed by atoms with Gasteiger partial charge in [0.1, 0.15) is 17.3 Å². The van der Waals surface area contributed by atoms with Crippen LogP contribution in [-0.2, 0) is 11.2 Å². The van der Waals surface area contributed by atoms with Crippen LogP contribution in [0.25, 0.3) is 5.65 Å². The first-order valence-corrected chi connectivity index (χ1v) is 7.95. The average Bonchev–Trinajstić information content (AvgIpc) is 2.97. The van der Waals surface area contributed by atoms with Gasteiger partial charge in [-0.15, -0.1) is 0 Å². The molecule has 3 aromatic rings. The monoisotopic (exact) mass is 322 g/mol. The van der Waals surface area contributed by atoms with E-state index in [2.05, 4.69) is 38.2 Å². The van der Waals surface area contributed by atoms with Gasteiger partial charge in [0.15, 0.2) is 5.65 Å². The number of aromatic nitrogens is 3. The number of carbonyl (C=O) groups is 1. The highest BCUT2D eigenvalue weighted by Crippen LogP contribution is 2.25. The zero-order chi connectivity index (χ0) is 16.5. The van der Waals surface area contributed by atoms with E-state index in [1.807, 2.05) is 25.2 Å². The topological polar surface area (TPSA) is 83.3 Å². The Labute approximate surface area is 139 Å². The van der Waals surface area contributed by atoms with Crippen LogP contribution >= 0.6 is 0 Å². The maximum absolute atomic E-state index is 12.2. The molecule has 0 aliphatic carbocycles. The highest BCUT2D eigenvalue weighted by molar-refractivity contribution is 5.94. The van der Waals surface area contributed by atoms with Crippen LogP contribution in [0.15, 0.2) is 36.5 Å². The summed E-state index contributed by atoms with van der Waals surface area (Å²) in [5.74, 6) is 1.46. The molecule has 0 spiro atoms. The Morgan fingerprint density at radius 2 is 2.12 bits per heavy atom. The van der Waals surface area contributed by atoms with Crippen molar-refractivity contribution in [2.45, 2.75) is 19.3 Å². The molecule has 3 heterocycles. The van der Waals surface area contributed by atoms with Gasteiger partial charge in [0.2, 0.25) is 5.91 Å². The summed E-state index contributed by atoms with van der Waals surface area (Å²) in [5.41, 5.74) is 3.40. The second-order valence-electron chi connectivity index (χ2n) is 5.80. The number of hydrogen-bond donors (Lipinski definition) is 3. The summed E-state index contributed by atoms with van der Waals surface area (Å²) in [6.07, 6.45) is 3.75. The van der Waals surface area contributed by atoms with Gasteiger partial charge in [-0.3, -0.25) is 4.79 Å². The Kier molecular flexibility index (Phi) is 3.53. The Morgan fingerprint density at radius 1 is 1.21 bits per heavy atom. The zero-order valence-electron chi connectivity index (χ0n) is 13.3. The van der Waals surface area contributed by atoms with Crippen molar-refractivity contribution in [1.82, 2.24) is 14.6 Å². The van der Waals surface area contributed by atoms with Crippen LogP contribution in [0.2, 0.25) is 0 Å². The van der Waals surface area contributed by atoms with E-state index >= 15 is 0 Å². The van der Waals surface area contributed by atoms with Crippen LogP contribution in [0, 0.1) is 0 Å². The SMILES string of the molecule is CNc1cc2nc3c(cnn13)NC(=O)CCCc1cccc(c1)N2. The number of amides is 1. The van der Waals surface area contributed by atoms with E-state index in [1.54, 1.807) is 10.7 Å². The first kappa shape index (κ1) is 14.5. The largest absolute Gasteiger partial charge is 0.373 e. The minimum atomic E-state index is -0.0218. The van der Waals surface area contributed by atoms with Gasteiger partial charge in [-0.05, 0) is 30.5 Å². The molecule has 7 nitrogen and oxygen atoms in total. The predicted octanol–water partition coefficient (Wildman–Crippen LogP) is 2.79. The van der Waals surface area contributed by atoms with Crippen molar-refractivity contribution < 1.29 is 4.79 Å². The van der Waals surface area contributed by atoms with E-state index in [4.69, 9.17) is 0 Å². The maximum Gasteiger partial charge on any atom is 0.224 e. The molecule has 122 valence electrons. The number of aryl methyl sites for hydroxylation is 1. The molecule has 24 heavy (non-hydrogen) atoms. The summed E-state index contributed by atoms with van der Waals surface area (Å²) in [7, 11) is 1.83. The first-order chi connectivity index (χ1) is 11.7. The lowest BCUT2D eigenvalue weighted by Crippen LogP contribution is -2.11. The van der Waals surface area contributed by atoms with Crippen LogP contribution in [-0.4, -0.2) is 27.6 Å². The van der Waals surface area contributed by atoms with Gasteiger partial charge in [0, 0.05) is 25.2 Å². The third-order valence-electron chi connectivity index (χ3n) is 4.07. The van der Waals surface area contributed by atoms with Crippen molar-refractivity contribution in [1.29, 1.82) is 0 Å². The predicted molar refractivity (Wildman–Crippen MR) is 93.8 cm³/mol. The van der Waals surface area contributed by atoms with Gasteiger partial charge in [-0.2, -0.15) is 9.61 Å². The third-order valence-corrected chi connectivity index (χ3v) is 4.07. The van der Waals surface area contributed by atoms with Crippen molar-refractivity contribution >= 4 is 34.6 Å². The number of anilines is 4. The molecule has 4 bridgehead atoms. The van der Waals surface area contributed by atoms with Crippen molar-refractivity contribution in [3.8, 4) is 0 Å². The zero-order valence-corrected chi connectivity index (χ0v) is 13.3. The molecule has 2 aromatic heterocycles. The molecule has 7 heteroatoms. The summed E-state index contributed by atoms with van der Waals surface area (Å²) in [6.45, 7) is 0.